The summed E-state index contributed by atoms with van der Waals surface area (Å²) in [6, 6.07) is 10.0. The van der Waals surface area contributed by atoms with E-state index in [9.17, 15) is 0 Å². The molecule has 5 heteroatoms. The first-order chi connectivity index (χ1) is 9.70. The fourth-order valence-corrected chi connectivity index (χ4v) is 2.77. The average Bonchev–Trinajstić information content (AvgIpc) is 2.87. The van der Waals surface area contributed by atoms with Gasteiger partial charge in [0.15, 0.2) is 5.65 Å². The second-order valence-electron chi connectivity index (χ2n) is 4.59. The molecule has 0 saturated carbocycles. The van der Waals surface area contributed by atoms with Crippen LogP contribution in [0.1, 0.15) is 23.6 Å². The van der Waals surface area contributed by atoms with E-state index in [4.69, 9.17) is 23.2 Å². The topological polar surface area (TPSA) is 30.2 Å². The Labute approximate surface area is 127 Å². The Bertz CT molecular complexity index is 751. The van der Waals surface area contributed by atoms with E-state index in [0.717, 1.165) is 28.8 Å². The van der Waals surface area contributed by atoms with Crippen molar-refractivity contribution in [2.45, 2.75) is 19.8 Å². The van der Waals surface area contributed by atoms with Crippen molar-refractivity contribution in [3.63, 3.8) is 0 Å². The van der Waals surface area contributed by atoms with Crippen LogP contribution in [0.4, 0.5) is 0 Å². The van der Waals surface area contributed by atoms with Crippen LogP contribution in [0.2, 0.25) is 10.3 Å². The van der Waals surface area contributed by atoms with Crippen LogP contribution in [-0.2, 0) is 12.8 Å². The molecule has 3 aromatic rings. The monoisotopic (exact) mass is 305 g/mol. The van der Waals surface area contributed by atoms with Gasteiger partial charge in [-0.3, -0.25) is 0 Å². The number of aromatic nitrogens is 3. The zero-order valence-corrected chi connectivity index (χ0v) is 12.5. The molecule has 0 spiro atoms. The Morgan fingerprint density at radius 3 is 2.60 bits per heavy atom. The molecule has 1 aromatic carbocycles. The molecule has 0 saturated heterocycles. The van der Waals surface area contributed by atoms with Gasteiger partial charge in [0.25, 0.3) is 0 Å². The summed E-state index contributed by atoms with van der Waals surface area (Å²) in [7, 11) is 0. The van der Waals surface area contributed by atoms with Gasteiger partial charge in [0.05, 0.1) is 6.20 Å². The molecule has 0 atom stereocenters. The zero-order chi connectivity index (χ0) is 14.1. The van der Waals surface area contributed by atoms with Gasteiger partial charge < -0.3 is 0 Å². The van der Waals surface area contributed by atoms with E-state index in [1.54, 1.807) is 10.7 Å². The van der Waals surface area contributed by atoms with Crippen LogP contribution < -0.4 is 0 Å². The number of rotatable bonds is 3. The molecule has 0 amide bonds. The number of halogens is 2. The van der Waals surface area contributed by atoms with Gasteiger partial charge in [0.1, 0.15) is 10.3 Å². The fourth-order valence-electron chi connectivity index (χ4n) is 2.21. The van der Waals surface area contributed by atoms with E-state index in [2.05, 4.69) is 17.0 Å². The molecule has 3 nitrogen and oxygen atoms in total. The van der Waals surface area contributed by atoms with Crippen molar-refractivity contribution < 1.29 is 0 Å². The molecule has 2 heterocycles. The Hall–Kier alpha value is -1.58. The minimum absolute atomic E-state index is 0.446. The first-order valence-corrected chi connectivity index (χ1v) is 7.20. The third-order valence-corrected chi connectivity index (χ3v) is 4.01. The molecule has 2 aromatic heterocycles. The Kier molecular flexibility index (Phi) is 3.64. The fraction of sp³-hybridized carbons (Fsp3) is 0.200. The van der Waals surface area contributed by atoms with Crippen molar-refractivity contribution in [1.82, 2.24) is 14.6 Å². The summed E-state index contributed by atoms with van der Waals surface area (Å²) in [5.41, 5.74) is 3.72. The van der Waals surface area contributed by atoms with Crippen LogP contribution in [0.15, 0.2) is 36.5 Å². The highest BCUT2D eigenvalue weighted by Gasteiger charge is 2.15. The van der Waals surface area contributed by atoms with Gasteiger partial charge in [-0.05, 0) is 12.0 Å². The Balaban J connectivity index is 2.12. The summed E-state index contributed by atoms with van der Waals surface area (Å²) < 4.78 is 1.66. The predicted molar refractivity (Wildman–Crippen MR) is 81.6 cm³/mol. The summed E-state index contributed by atoms with van der Waals surface area (Å²) in [4.78, 5) is 4.44. The second kappa shape index (κ2) is 5.43. The molecule has 0 radical (unpaired) electrons. The molecule has 0 aliphatic heterocycles. The molecule has 0 N–H and O–H groups in total. The van der Waals surface area contributed by atoms with E-state index >= 15 is 0 Å². The number of aryl methyl sites for hydroxylation is 1. The Morgan fingerprint density at radius 2 is 1.90 bits per heavy atom. The van der Waals surface area contributed by atoms with Gasteiger partial charge in [0.2, 0.25) is 0 Å². The third kappa shape index (κ3) is 2.28. The molecule has 0 bridgehead atoms. The highest BCUT2D eigenvalue weighted by Crippen LogP contribution is 2.27. The predicted octanol–water partition coefficient (Wildman–Crippen LogP) is 4.19. The van der Waals surface area contributed by atoms with Crippen molar-refractivity contribution in [3.05, 3.63) is 63.5 Å². The largest absolute Gasteiger partial charge is 0.216 e. The number of fused-ring (bicyclic) bond motifs is 1. The molecule has 102 valence electrons. The minimum Gasteiger partial charge on any atom is -0.216 e. The lowest BCUT2D eigenvalue weighted by Crippen LogP contribution is -2.01. The van der Waals surface area contributed by atoms with Crippen LogP contribution in [0.5, 0.6) is 0 Å². The maximum absolute atomic E-state index is 6.44. The van der Waals surface area contributed by atoms with Crippen molar-refractivity contribution >= 4 is 28.8 Å². The average molecular weight is 306 g/mol. The number of hydrogen-bond acceptors (Lipinski definition) is 2. The summed E-state index contributed by atoms with van der Waals surface area (Å²) >= 11 is 12.8. The summed E-state index contributed by atoms with van der Waals surface area (Å²) in [6.45, 7) is 2.05. The first-order valence-electron chi connectivity index (χ1n) is 6.45. The van der Waals surface area contributed by atoms with Gasteiger partial charge in [-0.2, -0.15) is 5.10 Å². The molecular weight excluding hydrogens is 293 g/mol. The maximum atomic E-state index is 6.44. The number of nitrogens with zero attached hydrogens (tertiary/aromatic N) is 3. The molecule has 20 heavy (non-hydrogen) atoms. The normalized spacial score (nSPS) is 11.2. The molecule has 0 fully saturated rings. The van der Waals surface area contributed by atoms with Crippen LogP contribution in [0.25, 0.3) is 5.65 Å². The van der Waals surface area contributed by atoms with Gasteiger partial charge in [-0.15, -0.1) is 0 Å². The van der Waals surface area contributed by atoms with Gasteiger partial charge >= 0.3 is 0 Å². The van der Waals surface area contributed by atoms with Gasteiger partial charge in [-0.25, -0.2) is 9.50 Å². The van der Waals surface area contributed by atoms with E-state index in [-0.39, 0.29) is 0 Å². The molecule has 0 unspecified atom stereocenters. The molecule has 0 aliphatic rings. The second-order valence-corrected chi connectivity index (χ2v) is 5.31. The van der Waals surface area contributed by atoms with E-state index in [1.165, 1.54) is 0 Å². The van der Waals surface area contributed by atoms with E-state index in [1.807, 2.05) is 30.3 Å². The van der Waals surface area contributed by atoms with E-state index < -0.39 is 0 Å². The standard InChI is InChI=1S/C15H13Cl2N3/c1-2-11-9-18-20-14(17)12(13(16)19-15(11)20)8-10-6-4-3-5-7-10/h3-7,9H,2,8H2,1H3. The maximum Gasteiger partial charge on any atom is 0.161 e. The zero-order valence-electron chi connectivity index (χ0n) is 11.0. The summed E-state index contributed by atoms with van der Waals surface area (Å²) in [5.74, 6) is 0. The molecule has 0 aliphatic carbocycles. The lowest BCUT2D eigenvalue weighted by molar-refractivity contribution is 0.917. The molecule has 3 rings (SSSR count). The van der Waals surface area contributed by atoms with Gasteiger partial charge in [-0.1, -0.05) is 60.5 Å². The Morgan fingerprint density at radius 1 is 1.15 bits per heavy atom. The SMILES string of the molecule is CCc1cnn2c(Cl)c(Cc3ccccc3)c(Cl)nc12. The quantitative estimate of drug-likeness (QED) is 0.679. The smallest absolute Gasteiger partial charge is 0.161 e. The van der Waals surface area contributed by atoms with E-state index in [0.29, 0.717) is 16.7 Å². The number of benzene rings is 1. The van der Waals surface area contributed by atoms with Crippen molar-refractivity contribution in [2.75, 3.05) is 0 Å². The van der Waals surface area contributed by atoms with Crippen LogP contribution in [0.3, 0.4) is 0 Å². The first kappa shape index (κ1) is 13.4. The third-order valence-electron chi connectivity index (χ3n) is 3.31. The van der Waals surface area contributed by atoms with Gasteiger partial charge in [0, 0.05) is 17.5 Å². The van der Waals surface area contributed by atoms with Crippen molar-refractivity contribution in [1.29, 1.82) is 0 Å². The highest BCUT2D eigenvalue weighted by atomic mass is 35.5. The summed E-state index contributed by atoms with van der Waals surface area (Å²) in [5, 5.41) is 5.27. The van der Waals surface area contributed by atoms with Crippen molar-refractivity contribution in [3.8, 4) is 0 Å². The lowest BCUT2D eigenvalue weighted by atomic mass is 10.1. The summed E-state index contributed by atoms with van der Waals surface area (Å²) in [6.07, 6.45) is 3.28. The molecular formula is C15H13Cl2N3. The van der Waals surface area contributed by atoms with Crippen LogP contribution in [-0.4, -0.2) is 14.6 Å². The van der Waals surface area contributed by atoms with Crippen molar-refractivity contribution in [2.24, 2.45) is 0 Å². The lowest BCUT2D eigenvalue weighted by Gasteiger charge is -2.08. The minimum atomic E-state index is 0.446. The highest BCUT2D eigenvalue weighted by molar-refractivity contribution is 6.35. The van der Waals surface area contributed by atoms with Crippen LogP contribution >= 0.6 is 23.2 Å². The van der Waals surface area contributed by atoms with Crippen LogP contribution in [0, 0.1) is 0 Å². The number of hydrogen-bond donors (Lipinski definition) is 0.